The molecule has 14 heavy (non-hydrogen) atoms. The van der Waals surface area contributed by atoms with Crippen molar-refractivity contribution < 1.29 is 22.7 Å². The van der Waals surface area contributed by atoms with Gasteiger partial charge in [0.25, 0.3) is 0 Å². The second kappa shape index (κ2) is 3.65. The van der Waals surface area contributed by atoms with Crippen molar-refractivity contribution >= 4 is 6.29 Å². The van der Waals surface area contributed by atoms with Gasteiger partial charge in [0.05, 0.1) is 12.7 Å². The van der Waals surface area contributed by atoms with Gasteiger partial charge in [-0.05, 0) is 0 Å². The third-order valence-electron chi connectivity index (χ3n) is 1.55. The lowest BCUT2D eigenvalue weighted by atomic mass is 10.1. The topological polar surface area (TPSA) is 39.2 Å². The van der Waals surface area contributed by atoms with Gasteiger partial charge in [-0.15, -0.1) is 0 Å². The number of rotatable bonds is 2. The molecule has 0 aliphatic carbocycles. The van der Waals surface area contributed by atoms with Gasteiger partial charge in [0.1, 0.15) is 0 Å². The fraction of sp³-hybridized carbons (Fsp3) is 0.250. The van der Waals surface area contributed by atoms with Crippen molar-refractivity contribution in [2.75, 3.05) is 7.11 Å². The Kier molecular flexibility index (Phi) is 2.73. The summed E-state index contributed by atoms with van der Waals surface area (Å²) in [5.74, 6) is -0.0277. The van der Waals surface area contributed by atoms with E-state index < -0.39 is 17.3 Å². The minimum Gasteiger partial charge on any atom is -0.481 e. The number of halogens is 3. The average Bonchev–Trinajstić information content (AvgIpc) is 2.15. The van der Waals surface area contributed by atoms with E-state index in [4.69, 9.17) is 0 Å². The molecule has 3 nitrogen and oxygen atoms in total. The molecule has 1 aromatic heterocycles. The number of pyridine rings is 1. The maximum absolute atomic E-state index is 12.2. The molecule has 0 radical (unpaired) electrons. The number of carbonyl (C=O) groups excluding carboxylic acids is 1. The van der Waals surface area contributed by atoms with Gasteiger partial charge in [-0.25, -0.2) is 4.98 Å². The van der Waals surface area contributed by atoms with E-state index in [1.54, 1.807) is 0 Å². The molecule has 0 saturated heterocycles. The van der Waals surface area contributed by atoms with Gasteiger partial charge in [0.15, 0.2) is 6.29 Å². The second-order valence-corrected chi connectivity index (χ2v) is 2.43. The summed E-state index contributed by atoms with van der Waals surface area (Å²) in [5, 5.41) is 0. The van der Waals surface area contributed by atoms with Crippen LogP contribution in [-0.4, -0.2) is 18.4 Å². The van der Waals surface area contributed by atoms with Crippen LogP contribution < -0.4 is 4.74 Å². The van der Waals surface area contributed by atoms with E-state index in [1.807, 2.05) is 0 Å². The molecular formula is C8H6F3NO2. The Hall–Kier alpha value is -1.59. The SMILES string of the molecule is COc1cc(C=O)c(C(F)(F)F)cn1. The lowest BCUT2D eigenvalue weighted by molar-refractivity contribution is -0.138. The molecule has 0 N–H and O–H groups in total. The number of hydrogen-bond donors (Lipinski definition) is 0. The first-order valence-corrected chi connectivity index (χ1v) is 3.55. The fourth-order valence-electron chi connectivity index (χ4n) is 0.897. The number of methoxy groups -OCH3 is 1. The van der Waals surface area contributed by atoms with Crippen LogP contribution in [0.15, 0.2) is 12.3 Å². The minimum atomic E-state index is -4.57. The molecule has 0 atom stereocenters. The summed E-state index contributed by atoms with van der Waals surface area (Å²) in [5.41, 5.74) is -1.54. The summed E-state index contributed by atoms with van der Waals surface area (Å²) >= 11 is 0. The van der Waals surface area contributed by atoms with Crippen LogP contribution in [0.25, 0.3) is 0 Å². The van der Waals surface area contributed by atoms with Gasteiger partial charge < -0.3 is 4.74 Å². The zero-order valence-electron chi connectivity index (χ0n) is 7.13. The van der Waals surface area contributed by atoms with Crippen molar-refractivity contribution in [3.8, 4) is 5.88 Å². The molecule has 76 valence electrons. The number of alkyl halides is 3. The van der Waals surface area contributed by atoms with Crippen LogP contribution in [0, 0.1) is 0 Å². The van der Waals surface area contributed by atoms with Crippen LogP contribution in [-0.2, 0) is 6.18 Å². The van der Waals surface area contributed by atoms with Gasteiger partial charge in [0.2, 0.25) is 5.88 Å². The van der Waals surface area contributed by atoms with E-state index in [2.05, 4.69) is 9.72 Å². The largest absolute Gasteiger partial charge is 0.481 e. The van der Waals surface area contributed by atoms with Gasteiger partial charge >= 0.3 is 6.18 Å². The molecule has 1 aromatic rings. The number of aromatic nitrogens is 1. The van der Waals surface area contributed by atoms with Gasteiger partial charge in [0, 0.05) is 17.8 Å². The average molecular weight is 205 g/mol. The van der Waals surface area contributed by atoms with Crippen LogP contribution in [0.2, 0.25) is 0 Å². The highest BCUT2D eigenvalue weighted by Gasteiger charge is 2.34. The highest BCUT2D eigenvalue weighted by atomic mass is 19.4. The minimum absolute atomic E-state index is 0.0277. The van der Waals surface area contributed by atoms with Crippen LogP contribution in [0.4, 0.5) is 13.2 Å². The summed E-state index contributed by atoms with van der Waals surface area (Å²) in [6.07, 6.45) is -3.88. The second-order valence-electron chi connectivity index (χ2n) is 2.43. The standard InChI is InChI=1S/C8H6F3NO2/c1-14-7-2-5(4-13)6(3-12-7)8(9,10)11/h2-4H,1H3. The first kappa shape index (κ1) is 10.5. The van der Waals surface area contributed by atoms with E-state index in [1.165, 1.54) is 7.11 Å². The van der Waals surface area contributed by atoms with Crippen molar-refractivity contribution in [2.45, 2.75) is 6.18 Å². The van der Waals surface area contributed by atoms with Crippen LogP contribution in [0.1, 0.15) is 15.9 Å². The van der Waals surface area contributed by atoms with E-state index in [9.17, 15) is 18.0 Å². The van der Waals surface area contributed by atoms with Crippen molar-refractivity contribution in [3.63, 3.8) is 0 Å². The van der Waals surface area contributed by atoms with E-state index in [0.717, 1.165) is 6.07 Å². The normalized spacial score (nSPS) is 11.1. The lowest BCUT2D eigenvalue weighted by Crippen LogP contribution is -2.09. The molecule has 0 spiro atoms. The maximum atomic E-state index is 12.2. The molecule has 0 unspecified atom stereocenters. The Morgan fingerprint density at radius 2 is 2.14 bits per heavy atom. The van der Waals surface area contributed by atoms with E-state index in [-0.39, 0.29) is 12.2 Å². The highest BCUT2D eigenvalue weighted by molar-refractivity contribution is 5.77. The smallest absolute Gasteiger partial charge is 0.418 e. The predicted molar refractivity (Wildman–Crippen MR) is 41.2 cm³/mol. The van der Waals surface area contributed by atoms with Gasteiger partial charge in [-0.3, -0.25) is 4.79 Å². The summed E-state index contributed by atoms with van der Waals surface area (Å²) in [7, 11) is 1.25. The highest BCUT2D eigenvalue weighted by Crippen LogP contribution is 2.31. The first-order valence-electron chi connectivity index (χ1n) is 3.55. The maximum Gasteiger partial charge on any atom is 0.418 e. The van der Waals surface area contributed by atoms with Gasteiger partial charge in [-0.1, -0.05) is 0 Å². The molecule has 1 heterocycles. The van der Waals surface area contributed by atoms with Crippen molar-refractivity contribution in [3.05, 3.63) is 23.4 Å². The monoisotopic (exact) mass is 205 g/mol. The molecule has 0 amide bonds. The molecule has 0 aromatic carbocycles. The van der Waals surface area contributed by atoms with Crippen LogP contribution in [0.3, 0.4) is 0 Å². The zero-order chi connectivity index (χ0) is 10.8. The quantitative estimate of drug-likeness (QED) is 0.692. The Labute approximate surface area is 77.5 Å². The molecule has 1 rings (SSSR count). The Balaban J connectivity index is 3.25. The summed E-state index contributed by atoms with van der Waals surface area (Å²) in [6, 6.07) is 0.940. The van der Waals surface area contributed by atoms with Crippen molar-refractivity contribution in [1.29, 1.82) is 0 Å². The zero-order valence-corrected chi connectivity index (χ0v) is 7.13. The predicted octanol–water partition coefficient (Wildman–Crippen LogP) is 1.92. The molecule has 0 fully saturated rings. The third kappa shape index (κ3) is 2.01. The van der Waals surface area contributed by atoms with Crippen LogP contribution in [0.5, 0.6) is 5.88 Å². The fourth-order valence-corrected chi connectivity index (χ4v) is 0.897. The number of nitrogens with zero attached hydrogens (tertiary/aromatic N) is 1. The molecule has 6 heteroatoms. The van der Waals surface area contributed by atoms with Crippen molar-refractivity contribution in [1.82, 2.24) is 4.98 Å². The van der Waals surface area contributed by atoms with Gasteiger partial charge in [-0.2, -0.15) is 13.2 Å². The van der Waals surface area contributed by atoms with E-state index >= 15 is 0 Å². The first-order chi connectivity index (χ1) is 6.49. The number of ether oxygens (including phenoxy) is 1. The Morgan fingerprint density at radius 1 is 1.50 bits per heavy atom. The van der Waals surface area contributed by atoms with Crippen molar-refractivity contribution in [2.24, 2.45) is 0 Å². The van der Waals surface area contributed by atoms with E-state index in [0.29, 0.717) is 6.20 Å². The molecule has 0 aliphatic heterocycles. The number of aldehydes is 1. The Morgan fingerprint density at radius 3 is 2.57 bits per heavy atom. The Bertz CT molecular complexity index is 349. The third-order valence-corrected chi connectivity index (χ3v) is 1.55. The molecule has 0 bridgehead atoms. The summed E-state index contributed by atoms with van der Waals surface area (Å²) < 4.78 is 41.3. The number of hydrogen-bond acceptors (Lipinski definition) is 3. The molecule has 0 aliphatic rings. The molecule has 0 saturated carbocycles. The van der Waals surface area contributed by atoms with Crippen LogP contribution >= 0.6 is 0 Å². The number of carbonyl (C=O) groups is 1. The summed E-state index contributed by atoms with van der Waals surface area (Å²) in [6.45, 7) is 0. The lowest BCUT2D eigenvalue weighted by Gasteiger charge is -2.09. The summed E-state index contributed by atoms with van der Waals surface area (Å²) in [4.78, 5) is 13.7. The molecular weight excluding hydrogens is 199 g/mol.